The summed E-state index contributed by atoms with van der Waals surface area (Å²) in [6, 6.07) is 16.6. The van der Waals surface area contributed by atoms with Crippen molar-refractivity contribution in [2.75, 3.05) is 38.3 Å². The number of amides is 1. The molecule has 2 aliphatic carbocycles. The maximum absolute atomic E-state index is 13.6. The van der Waals surface area contributed by atoms with Gasteiger partial charge in [-0.05, 0) is 62.6 Å². The van der Waals surface area contributed by atoms with Gasteiger partial charge in [-0.2, -0.15) is 0 Å². The molecule has 0 unspecified atom stereocenters. The number of rotatable bonds is 8. The topological polar surface area (TPSA) is 62.2 Å². The van der Waals surface area contributed by atoms with Gasteiger partial charge in [0.1, 0.15) is 0 Å². The first-order chi connectivity index (χ1) is 17.1. The molecule has 6 heteroatoms. The number of benzene rings is 2. The van der Waals surface area contributed by atoms with Crippen LogP contribution < -0.4 is 14.4 Å². The average Bonchev–Trinajstić information content (AvgIpc) is 3.37. The van der Waals surface area contributed by atoms with Gasteiger partial charge in [0, 0.05) is 31.4 Å². The van der Waals surface area contributed by atoms with Crippen LogP contribution in [0, 0.1) is 5.41 Å². The Bertz CT molecular complexity index is 995. The summed E-state index contributed by atoms with van der Waals surface area (Å²) in [6.45, 7) is 2.11. The molecule has 0 aromatic heterocycles. The first-order valence-corrected chi connectivity index (χ1v) is 13.2. The van der Waals surface area contributed by atoms with E-state index in [1.807, 2.05) is 12.1 Å². The number of anilines is 1. The number of hydrogen-bond acceptors (Lipinski definition) is 5. The van der Waals surface area contributed by atoms with Crippen molar-refractivity contribution < 1.29 is 19.4 Å². The van der Waals surface area contributed by atoms with Crippen LogP contribution in [-0.4, -0.2) is 61.4 Å². The standard InChI is InChI=1S/C29H38N2O4/c1-34-26-13-12-23(19-27(26)35-25-10-5-6-11-25)30-16-17-31(28(33)29(21-32)14-7-15-29)24(20-30)18-22-8-3-2-4-9-22/h2-4,8-9,12-13,19,24-25,32H,5-7,10-11,14-18,20-21H2,1H3/t24-/m0/s1. The van der Waals surface area contributed by atoms with E-state index in [-0.39, 0.29) is 24.7 Å². The molecule has 2 aromatic carbocycles. The van der Waals surface area contributed by atoms with Gasteiger partial charge in [-0.3, -0.25) is 4.79 Å². The minimum atomic E-state index is -0.570. The van der Waals surface area contributed by atoms with Gasteiger partial charge in [-0.1, -0.05) is 36.8 Å². The fourth-order valence-corrected chi connectivity index (χ4v) is 5.91. The molecular weight excluding hydrogens is 440 g/mol. The van der Waals surface area contributed by atoms with Gasteiger partial charge in [-0.15, -0.1) is 0 Å². The van der Waals surface area contributed by atoms with Crippen molar-refractivity contribution in [1.29, 1.82) is 0 Å². The van der Waals surface area contributed by atoms with Gasteiger partial charge in [0.2, 0.25) is 5.91 Å². The van der Waals surface area contributed by atoms with E-state index in [0.717, 1.165) is 68.8 Å². The van der Waals surface area contributed by atoms with Crippen LogP contribution in [0.4, 0.5) is 5.69 Å². The molecule has 1 saturated heterocycles. The SMILES string of the molecule is COc1ccc(N2CCN(C(=O)C3(CO)CCC3)[C@@H](Cc3ccccc3)C2)cc1OC1CCCC1. The summed E-state index contributed by atoms with van der Waals surface area (Å²) in [5.41, 5.74) is 1.76. The Kier molecular flexibility index (Phi) is 7.19. The lowest BCUT2D eigenvalue weighted by Gasteiger charge is -2.48. The van der Waals surface area contributed by atoms with Gasteiger partial charge >= 0.3 is 0 Å². The quantitative estimate of drug-likeness (QED) is 0.608. The maximum Gasteiger partial charge on any atom is 0.231 e. The average molecular weight is 479 g/mol. The molecular formula is C29H38N2O4. The minimum absolute atomic E-state index is 0.0453. The zero-order valence-corrected chi connectivity index (χ0v) is 20.8. The first kappa shape index (κ1) is 24.0. The van der Waals surface area contributed by atoms with E-state index < -0.39 is 5.41 Å². The van der Waals surface area contributed by atoms with E-state index in [0.29, 0.717) is 6.54 Å². The fourth-order valence-electron chi connectivity index (χ4n) is 5.91. The molecule has 0 bridgehead atoms. The van der Waals surface area contributed by atoms with Crippen LogP contribution in [0.5, 0.6) is 11.5 Å². The largest absolute Gasteiger partial charge is 0.493 e. The Morgan fingerprint density at radius 1 is 1.03 bits per heavy atom. The van der Waals surface area contributed by atoms with Gasteiger partial charge in [0.15, 0.2) is 11.5 Å². The predicted octanol–water partition coefficient (Wildman–Crippen LogP) is 4.44. The number of aliphatic hydroxyl groups excluding tert-OH is 1. The highest BCUT2D eigenvalue weighted by molar-refractivity contribution is 5.84. The highest BCUT2D eigenvalue weighted by Gasteiger charge is 2.48. The molecule has 6 nitrogen and oxygen atoms in total. The maximum atomic E-state index is 13.6. The number of piperazine rings is 1. The molecule has 1 heterocycles. The van der Waals surface area contributed by atoms with Crippen molar-refractivity contribution in [3.63, 3.8) is 0 Å². The van der Waals surface area contributed by atoms with E-state index in [1.165, 1.54) is 18.4 Å². The van der Waals surface area contributed by atoms with Crippen LogP contribution in [0.15, 0.2) is 48.5 Å². The van der Waals surface area contributed by atoms with Gasteiger partial charge < -0.3 is 24.4 Å². The molecule has 188 valence electrons. The lowest BCUT2D eigenvalue weighted by Crippen LogP contribution is -2.61. The third kappa shape index (κ3) is 4.99. The van der Waals surface area contributed by atoms with Crippen molar-refractivity contribution in [3.8, 4) is 11.5 Å². The van der Waals surface area contributed by atoms with E-state index in [1.54, 1.807) is 7.11 Å². The number of methoxy groups -OCH3 is 1. The van der Waals surface area contributed by atoms with E-state index in [2.05, 4.69) is 46.2 Å². The molecule has 1 aliphatic heterocycles. The normalized spacial score (nSPS) is 22.1. The number of aliphatic hydroxyl groups is 1. The van der Waals surface area contributed by atoms with Gasteiger partial charge in [0.05, 0.1) is 31.3 Å². The number of carbonyl (C=O) groups excluding carboxylic acids is 1. The Morgan fingerprint density at radius 2 is 1.80 bits per heavy atom. The highest BCUT2D eigenvalue weighted by atomic mass is 16.5. The van der Waals surface area contributed by atoms with Crippen LogP contribution in [0.25, 0.3) is 0 Å². The van der Waals surface area contributed by atoms with Crippen LogP contribution in [0.3, 0.4) is 0 Å². The third-order valence-electron chi connectivity index (χ3n) is 8.23. The summed E-state index contributed by atoms with van der Waals surface area (Å²) in [5.74, 6) is 1.71. The molecule has 1 atom stereocenters. The van der Waals surface area contributed by atoms with Gasteiger partial charge in [-0.25, -0.2) is 0 Å². The van der Waals surface area contributed by atoms with Crippen LogP contribution in [0.1, 0.15) is 50.5 Å². The Morgan fingerprint density at radius 3 is 2.46 bits per heavy atom. The fraction of sp³-hybridized carbons (Fsp3) is 0.552. The van der Waals surface area contributed by atoms with Crippen LogP contribution in [-0.2, 0) is 11.2 Å². The summed E-state index contributed by atoms with van der Waals surface area (Å²) in [5, 5.41) is 10.1. The molecule has 3 fully saturated rings. The molecule has 2 aromatic rings. The van der Waals surface area contributed by atoms with E-state index >= 15 is 0 Å². The summed E-state index contributed by atoms with van der Waals surface area (Å²) in [4.78, 5) is 18.0. The number of ether oxygens (including phenoxy) is 2. The molecule has 1 amide bonds. The monoisotopic (exact) mass is 478 g/mol. The minimum Gasteiger partial charge on any atom is -0.493 e. The third-order valence-corrected chi connectivity index (χ3v) is 8.23. The second-order valence-corrected chi connectivity index (χ2v) is 10.4. The number of carbonyl (C=O) groups is 1. The summed E-state index contributed by atoms with van der Waals surface area (Å²) >= 11 is 0. The van der Waals surface area contributed by atoms with Crippen molar-refractivity contribution in [3.05, 3.63) is 54.1 Å². The lowest BCUT2D eigenvalue weighted by molar-refractivity contribution is -0.154. The summed E-state index contributed by atoms with van der Waals surface area (Å²) < 4.78 is 11.9. The molecule has 3 aliphatic rings. The molecule has 35 heavy (non-hydrogen) atoms. The first-order valence-electron chi connectivity index (χ1n) is 13.2. The summed E-state index contributed by atoms with van der Waals surface area (Å²) in [7, 11) is 1.69. The molecule has 1 N–H and O–H groups in total. The molecule has 2 saturated carbocycles. The predicted molar refractivity (Wildman–Crippen MR) is 137 cm³/mol. The Labute approximate surface area is 208 Å². The number of nitrogens with zero attached hydrogens (tertiary/aromatic N) is 2. The lowest BCUT2D eigenvalue weighted by atomic mass is 9.68. The number of hydrogen-bond donors (Lipinski definition) is 1. The van der Waals surface area contributed by atoms with Crippen LogP contribution >= 0.6 is 0 Å². The zero-order valence-electron chi connectivity index (χ0n) is 20.8. The zero-order chi connectivity index (χ0) is 24.3. The Hall–Kier alpha value is -2.73. The van der Waals surface area contributed by atoms with Gasteiger partial charge in [0.25, 0.3) is 0 Å². The smallest absolute Gasteiger partial charge is 0.231 e. The Balaban J connectivity index is 1.38. The summed E-state index contributed by atoms with van der Waals surface area (Å²) in [6.07, 6.45) is 8.30. The molecule has 0 spiro atoms. The second kappa shape index (κ2) is 10.5. The highest BCUT2D eigenvalue weighted by Crippen LogP contribution is 2.43. The van der Waals surface area contributed by atoms with Crippen molar-refractivity contribution in [2.24, 2.45) is 5.41 Å². The molecule has 5 rings (SSSR count). The van der Waals surface area contributed by atoms with Crippen molar-refractivity contribution in [2.45, 2.75) is 63.5 Å². The van der Waals surface area contributed by atoms with E-state index in [9.17, 15) is 9.90 Å². The van der Waals surface area contributed by atoms with Crippen molar-refractivity contribution in [1.82, 2.24) is 4.90 Å². The molecule has 0 radical (unpaired) electrons. The van der Waals surface area contributed by atoms with Crippen molar-refractivity contribution >= 4 is 11.6 Å². The van der Waals surface area contributed by atoms with Crippen LogP contribution in [0.2, 0.25) is 0 Å². The van der Waals surface area contributed by atoms with E-state index in [4.69, 9.17) is 9.47 Å². The second-order valence-electron chi connectivity index (χ2n) is 10.4.